The summed E-state index contributed by atoms with van der Waals surface area (Å²) in [6.45, 7) is 4.85. The van der Waals surface area contributed by atoms with Gasteiger partial charge in [-0.2, -0.15) is 0 Å². The van der Waals surface area contributed by atoms with Crippen LogP contribution in [0.3, 0.4) is 0 Å². The van der Waals surface area contributed by atoms with Crippen molar-refractivity contribution in [2.45, 2.75) is 31.7 Å². The standard InChI is InChI=1S/C19H28ClN3O2/c20-16-5-1-2-7-18(16)25-13-12-22-8-10-23(11-9-22)19(24)14-15-4-3-6-17(15)21/h1-2,5,7,15,17H,3-4,6,8-14,21H2/t15-,17+/m0/s1. The van der Waals surface area contributed by atoms with Crippen LogP contribution in [0.5, 0.6) is 5.75 Å². The number of carbonyl (C=O) groups is 1. The Balaban J connectivity index is 1.35. The fourth-order valence-electron chi connectivity index (χ4n) is 3.74. The molecule has 6 heteroatoms. The summed E-state index contributed by atoms with van der Waals surface area (Å²) < 4.78 is 5.75. The van der Waals surface area contributed by atoms with E-state index < -0.39 is 0 Å². The van der Waals surface area contributed by atoms with Crippen LogP contribution < -0.4 is 10.5 Å². The first-order valence-electron chi connectivity index (χ1n) is 9.26. The van der Waals surface area contributed by atoms with Gasteiger partial charge in [0.25, 0.3) is 0 Å². The Morgan fingerprint density at radius 3 is 2.64 bits per heavy atom. The molecule has 2 N–H and O–H groups in total. The van der Waals surface area contributed by atoms with E-state index in [1.54, 1.807) is 0 Å². The molecule has 1 aromatic rings. The maximum atomic E-state index is 12.5. The molecule has 1 aromatic carbocycles. The van der Waals surface area contributed by atoms with Gasteiger partial charge in [-0.15, -0.1) is 0 Å². The number of rotatable bonds is 6. The Kier molecular flexibility index (Phi) is 6.57. The van der Waals surface area contributed by atoms with Crippen molar-refractivity contribution < 1.29 is 9.53 Å². The van der Waals surface area contributed by atoms with Gasteiger partial charge in [-0.3, -0.25) is 9.69 Å². The highest BCUT2D eigenvalue weighted by Crippen LogP contribution is 2.27. The van der Waals surface area contributed by atoms with Crippen molar-refractivity contribution >= 4 is 17.5 Å². The van der Waals surface area contributed by atoms with Gasteiger partial charge in [0.05, 0.1) is 5.02 Å². The number of amides is 1. The summed E-state index contributed by atoms with van der Waals surface area (Å²) in [4.78, 5) is 16.8. The largest absolute Gasteiger partial charge is 0.491 e. The third-order valence-electron chi connectivity index (χ3n) is 5.38. The second-order valence-electron chi connectivity index (χ2n) is 7.06. The molecule has 0 spiro atoms. The van der Waals surface area contributed by atoms with Gasteiger partial charge in [0.15, 0.2) is 0 Å². The summed E-state index contributed by atoms with van der Waals surface area (Å²) in [5, 5.41) is 0.642. The lowest BCUT2D eigenvalue weighted by Gasteiger charge is -2.35. The lowest BCUT2D eigenvalue weighted by atomic mass is 9.99. The quantitative estimate of drug-likeness (QED) is 0.840. The number of carbonyl (C=O) groups excluding carboxylic acids is 1. The number of nitrogens with zero attached hydrogens (tertiary/aromatic N) is 2. The van der Waals surface area contributed by atoms with E-state index in [0.717, 1.165) is 51.3 Å². The van der Waals surface area contributed by atoms with Crippen molar-refractivity contribution in [2.24, 2.45) is 11.7 Å². The van der Waals surface area contributed by atoms with E-state index in [0.29, 0.717) is 24.0 Å². The third-order valence-corrected chi connectivity index (χ3v) is 5.69. The highest BCUT2D eigenvalue weighted by molar-refractivity contribution is 6.32. The maximum absolute atomic E-state index is 12.5. The molecule has 0 bridgehead atoms. The number of para-hydroxylation sites is 1. The Hall–Kier alpha value is -1.30. The van der Waals surface area contributed by atoms with Gasteiger partial charge < -0.3 is 15.4 Å². The lowest BCUT2D eigenvalue weighted by Crippen LogP contribution is -2.50. The van der Waals surface area contributed by atoms with Crippen molar-refractivity contribution in [3.05, 3.63) is 29.3 Å². The van der Waals surface area contributed by atoms with Crippen LogP contribution >= 0.6 is 11.6 Å². The van der Waals surface area contributed by atoms with Gasteiger partial charge >= 0.3 is 0 Å². The average Bonchev–Trinajstić information content (AvgIpc) is 3.02. The molecule has 3 rings (SSSR count). The number of piperazine rings is 1. The molecule has 1 saturated heterocycles. The summed E-state index contributed by atoms with van der Waals surface area (Å²) in [5.41, 5.74) is 6.09. The van der Waals surface area contributed by atoms with Gasteiger partial charge in [0.2, 0.25) is 5.91 Å². The molecule has 0 radical (unpaired) electrons. The first-order valence-corrected chi connectivity index (χ1v) is 9.64. The molecule has 2 fully saturated rings. The van der Waals surface area contributed by atoms with Crippen LogP contribution in [0.2, 0.25) is 5.02 Å². The molecule has 0 unspecified atom stereocenters. The summed E-state index contributed by atoms with van der Waals surface area (Å²) in [7, 11) is 0. The lowest BCUT2D eigenvalue weighted by molar-refractivity contribution is -0.134. The van der Waals surface area contributed by atoms with E-state index >= 15 is 0 Å². The van der Waals surface area contributed by atoms with Crippen LogP contribution in [-0.2, 0) is 4.79 Å². The molecule has 25 heavy (non-hydrogen) atoms. The Morgan fingerprint density at radius 1 is 1.20 bits per heavy atom. The van der Waals surface area contributed by atoms with Gasteiger partial charge in [-0.05, 0) is 30.9 Å². The minimum absolute atomic E-state index is 0.215. The van der Waals surface area contributed by atoms with E-state index in [9.17, 15) is 4.79 Å². The van der Waals surface area contributed by atoms with Crippen LogP contribution in [0.15, 0.2) is 24.3 Å². The van der Waals surface area contributed by atoms with Gasteiger partial charge in [0.1, 0.15) is 12.4 Å². The predicted molar refractivity (Wildman–Crippen MR) is 99.9 cm³/mol. The smallest absolute Gasteiger partial charge is 0.222 e. The third kappa shape index (κ3) is 5.09. The van der Waals surface area contributed by atoms with Crippen molar-refractivity contribution in [2.75, 3.05) is 39.3 Å². The topological polar surface area (TPSA) is 58.8 Å². The second kappa shape index (κ2) is 8.88. The maximum Gasteiger partial charge on any atom is 0.222 e. The van der Waals surface area contributed by atoms with Gasteiger partial charge in [-0.1, -0.05) is 30.2 Å². The number of ether oxygens (including phenoxy) is 1. The molecule has 2 aliphatic rings. The minimum atomic E-state index is 0.215. The molecule has 1 saturated carbocycles. The number of nitrogens with two attached hydrogens (primary N) is 1. The zero-order chi connectivity index (χ0) is 17.6. The highest BCUT2D eigenvalue weighted by Gasteiger charge is 2.29. The van der Waals surface area contributed by atoms with E-state index in [1.165, 1.54) is 6.42 Å². The van der Waals surface area contributed by atoms with Crippen LogP contribution in [-0.4, -0.2) is 61.1 Å². The molecule has 1 heterocycles. The SMILES string of the molecule is N[C@@H]1CCC[C@H]1CC(=O)N1CCN(CCOc2ccccc2Cl)CC1. The van der Waals surface area contributed by atoms with Gasteiger partial charge in [-0.25, -0.2) is 0 Å². The molecular formula is C19H28ClN3O2. The number of hydrogen-bond donors (Lipinski definition) is 1. The summed E-state index contributed by atoms with van der Waals surface area (Å²) in [6.07, 6.45) is 3.96. The van der Waals surface area contributed by atoms with Crippen molar-refractivity contribution in [1.82, 2.24) is 9.80 Å². The van der Waals surface area contributed by atoms with Gasteiger partial charge in [0, 0.05) is 45.2 Å². The van der Waals surface area contributed by atoms with Crippen molar-refractivity contribution in [1.29, 1.82) is 0 Å². The molecule has 138 valence electrons. The van der Waals surface area contributed by atoms with Crippen LogP contribution in [0, 0.1) is 5.92 Å². The van der Waals surface area contributed by atoms with E-state index in [4.69, 9.17) is 22.1 Å². The summed E-state index contributed by atoms with van der Waals surface area (Å²) in [6, 6.07) is 7.74. The number of hydrogen-bond acceptors (Lipinski definition) is 4. The van der Waals surface area contributed by atoms with Crippen LogP contribution in [0.25, 0.3) is 0 Å². The molecule has 1 amide bonds. The van der Waals surface area contributed by atoms with E-state index in [2.05, 4.69) is 4.90 Å². The summed E-state index contributed by atoms with van der Waals surface area (Å²) in [5.74, 6) is 1.38. The normalized spacial score (nSPS) is 24.5. The molecular weight excluding hydrogens is 338 g/mol. The first kappa shape index (κ1) is 18.5. The Morgan fingerprint density at radius 2 is 1.96 bits per heavy atom. The Labute approximate surface area is 155 Å². The van der Waals surface area contributed by atoms with Crippen LogP contribution in [0.1, 0.15) is 25.7 Å². The van der Waals surface area contributed by atoms with Crippen LogP contribution in [0.4, 0.5) is 0 Å². The highest BCUT2D eigenvalue weighted by atomic mass is 35.5. The summed E-state index contributed by atoms with van der Waals surface area (Å²) >= 11 is 6.09. The molecule has 0 aromatic heterocycles. The molecule has 5 nitrogen and oxygen atoms in total. The molecule has 1 aliphatic carbocycles. The number of benzene rings is 1. The minimum Gasteiger partial charge on any atom is -0.491 e. The predicted octanol–water partition coefficient (Wildman–Crippen LogP) is 2.38. The fraction of sp³-hybridized carbons (Fsp3) is 0.632. The fourth-order valence-corrected chi connectivity index (χ4v) is 3.93. The second-order valence-corrected chi connectivity index (χ2v) is 7.47. The van der Waals surface area contributed by atoms with Crippen molar-refractivity contribution in [3.8, 4) is 5.75 Å². The monoisotopic (exact) mass is 365 g/mol. The molecule has 2 atom stereocenters. The van der Waals surface area contributed by atoms with Crippen molar-refractivity contribution in [3.63, 3.8) is 0 Å². The zero-order valence-corrected chi connectivity index (χ0v) is 15.5. The van der Waals surface area contributed by atoms with E-state index in [-0.39, 0.29) is 11.9 Å². The molecule has 1 aliphatic heterocycles. The van der Waals surface area contributed by atoms with E-state index in [1.807, 2.05) is 29.2 Å². The number of halogens is 1. The Bertz CT molecular complexity index is 576. The zero-order valence-electron chi connectivity index (χ0n) is 14.7. The first-order chi connectivity index (χ1) is 12.1. The average molecular weight is 366 g/mol.